The number of aromatic nitrogens is 2. The first-order valence-electron chi connectivity index (χ1n) is 6.95. The van der Waals surface area contributed by atoms with Crippen molar-refractivity contribution in [3.63, 3.8) is 0 Å². The molecule has 5 heteroatoms. The molecule has 1 aliphatic rings. The van der Waals surface area contributed by atoms with Crippen LogP contribution in [0.2, 0.25) is 0 Å². The lowest BCUT2D eigenvalue weighted by molar-refractivity contribution is -0.124. The molecule has 0 aromatic carbocycles. The highest BCUT2D eigenvalue weighted by Gasteiger charge is 2.21. The molecule has 0 spiro atoms. The lowest BCUT2D eigenvalue weighted by Crippen LogP contribution is -2.40. The van der Waals surface area contributed by atoms with Gasteiger partial charge in [-0.3, -0.25) is 9.59 Å². The molecular weight excluding hydrogens is 242 g/mol. The van der Waals surface area contributed by atoms with E-state index in [1.165, 1.54) is 4.68 Å². The molecule has 1 aromatic heterocycles. The second kappa shape index (κ2) is 5.55. The van der Waals surface area contributed by atoms with Gasteiger partial charge in [0.25, 0.3) is 5.56 Å². The van der Waals surface area contributed by atoms with Gasteiger partial charge in [0.2, 0.25) is 5.91 Å². The Morgan fingerprint density at radius 3 is 2.89 bits per heavy atom. The Labute approximate surface area is 113 Å². The van der Waals surface area contributed by atoms with Crippen LogP contribution < -0.4 is 10.9 Å². The van der Waals surface area contributed by atoms with Crippen molar-refractivity contribution in [2.75, 3.05) is 0 Å². The highest BCUT2D eigenvalue weighted by molar-refractivity contribution is 5.80. The van der Waals surface area contributed by atoms with Gasteiger partial charge in [-0.15, -0.1) is 0 Å². The number of rotatable bonds is 4. The fraction of sp³-hybridized carbons (Fsp3) is 0.643. The molecule has 19 heavy (non-hydrogen) atoms. The van der Waals surface area contributed by atoms with Gasteiger partial charge in [-0.05, 0) is 45.1 Å². The molecule has 0 aliphatic heterocycles. The normalized spacial score (nSPS) is 16.8. The zero-order chi connectivity index (χ0) is 14.0. The number of hydrogen-bond donors (Lipinski definition) is 1. The predicted octanol–water partition coefficient (Wildman–Crippen LogP) is 1.21. The Hall–Kier alpha value is -1.65. The smallest absolute Gasteiger partial charge is 0.267 e. The predicted molar refractivity (Wildman–Crippen MR) is 73.1 cm³/mol. The summed E-state index contributed by atoms with van der Waals surface area (Å²) in [6, 6.07) is 1.18. The first-order valence-corrected chi connectivity index (χ1v) is 6.95. The average Bonchev–Trinajstić information content (AvgIpc) is 2.83. The van der Waals surface area contributed by atoms with E-state index in [0.29, 0.717) is 0 Å². The molecule has 1 aliphatic carbocycles. The average molecular weight is 263 g/mol. The van der Waals surface area contributed by atoms with Crippen LogP contribution in [0.3, 0.4) is 0 Å². The van der Waals surface area contributed by atoms with Crippen molar-refractivity contribution in [2.24, 2.45) is 0 Å². The highest BCUT2D eigenvalue weighted by atomic mass is 16.2. The van der Waals surface area contributed by atoms with Gasteiger partial charge in [0.15, 0.2) is 0 Å². The van der Waals surface area contributed by atoms with E-state index in [2.05, 4.69) is 10.4 Å². The second-order valence-corrected chi connectivity index (χ2v) is 5.25. The van der Waals surface area contributed by atoms with Crippen molar-refractivity contribution in [3.05, 3.63) is 27.7 Å². The zero-order valence-electron chi connectivity index (χ0n) is 11.8. The van der Waals surface area contributed by atoms with E-state index < -0.39 is 6.04 Å². The van der Waals surface area contributed by atoms with Crippen molar-refractivity contribution < 1.29 is 4.79 Å². The van der Waals surface area contributed by atoms with Crippen LogP contribution in [0.25, 0.3) is 0 Å². The highest BCUT2D eigenvalue weighted by Crippen LogP contribution is 2.18. The topological polar surface area (TPSA) is 64.0 Å². The maximum atomic E-state index is 12.1. The Morgan fingerprint density at radius 1 is 1.47 bits per heavy atom. The minimum atomic E-state index is -0.563. The minimum absolute atomic E-state index is 0.111. The van der Waals surface area contributed by atoms with E-state index in [1.807, 2.05) is 13.8 Å². The molecule has 2 rings (SSSR count). The van der Waals surface area contributed by atoms with Crippen molar-refractivity contribution in [1.82, 2.24) is 15.1 Å². The quantitative estimate of drug-likeness (QED) is 0.888. The van der Waals surface area contributed by atoms with Crippen LogP contribution in [-0.2, 0) is 17.6 Å². The lowest BCUT2D eigenvalue weighted by Gasteiger charge is -2.18. The van der Waals surface area contributed by atoms with Gasteiger partial charge in [-0.2, -0.15) is 5.10 Å². The van der Waals surface area contributed by atoms with Gasteiger partial charge in [0.05, 0.1) is 5.69 Å². The summed E-state index contributed by atoms with van der Waals surface area (Å²) >= 11 is 0. The monoisotopic (exact) mass is 263 g/mol. The van der Waals surface area contributed by atoms with Crippen LogP contribution in [0, 0.1) is 0 Å². The molecule has 2 unspecified atom stereocenters. The second-order valence-electron chi connectivity index (χ2n) is 5.25. The number of carbonyl (C=O) groups is 1. The summed E-state index contributed by atoms with van der Waals surface area (Å²) in [5.74, 6) is -0.151. The summed E-state index contributed by atoms with van der Waals surface area (Å²) < 4.78 is 1.31. The van der Waals surface area contributed by atoms with Crippen molar-refractivity contribution in [3.8, 4) is 0 Å². The maximum absolute atomic E-state index is 12.1. The van der Waals surface area contributed by atoms with Crippen LogP contribution in [0.15, 0.2) is 10.9 Å². The van der Waals surface area contributed by atoms with Gasteiger partial charge >= 0.3 is 0 Å². The molecule has 1 aromatic rings. The summed E-state index contributed by atoms with van der Waals surface area (Å²) in [5.41, 5.74) is 1.81. The lowest BCUT2D eigenvalue weighted by atomic mass is 10.2. The molecule has 5 nitrogen and oxygen atoms in total. The van der Waals surface area contributed by atoms with E-state index >= 15 is 0 Å². The fourth-order valence-corrected chi connectivity index (χ4v) is 2.27. The Morgan fingerprint density at radius 2 is 2.21 bits per heavy atom. The van der Waals surface area contributed by atoms with E-state index in [1.54, 1.807) is 13.0 Å². The first kappa shape index (κ1) is 13.8. The summed E-state index contributed by atoms with van der Waals surface area (Å²) in [5, 5.41) is 7.23. The van der Waals surface area contributed by atoms with Crippen LogP contribution in [0.4, 0.5) is 0 Å². The zero-order valence-corrected chi connectivity index (χ0v) is 11.8. The summed E-state index contributed by atoms with van der Waals surface area (Å²) in [6.07, 6.45) is 3.73. The van der Waals surface area contributed by atoms with E-state index in [0.717, 1.165) is 36.9 Å². The van der Waals surface area contributed by atoms with Crippen molar-refractivity contribution in [2.45, 2.75) is 58.5 Å². The third-order valence-electron chi connectivity index (χ3n) is 3.73. The van der Waals surface area contributed by atoms with Gasteiger partial charge in [-0.25, -0.2) is 4.68 Å². The van der Waals surface area contributed by atoms with E-state index in [4.69, 9.17) is 0 Å². The maximum Gasteiger partial charge on any atom is 0.267 e. The van der Waals surface area contributed by atoms with Crippen molar-refractivity contribution >= 4 is 5.91 Å². The minimum Gasteiger partial charge on any atom is -0.352 e. The van der Waals surface area contributed by atoms with Crippen molar-refractivity contribution in [1.29, 1.82) is 0 Å². The molecule has 0 bridgehead atoms. The third-order valence-corrected chi connectivity index (χ3v) is 3.73. The van der Waals surface area contributed by atoms with E-state index in [-0.39, 0.29) is 17.5 Å². The molecule has 2 atom stereocenters. The Bertz CT molecular complexity index is 536. The van der Waals surface area contributed by atoms with Crippen LogP contribution in [0.5, 0.6) is 0 Å². The molecule has 0 fully saturated rings. The summed E-state index contributed by atoms with van der Waals surface area (Å²) in [7, 11) is 0. The molecule has 1 N–H and O–H groups in total. The molecule has 104 valence electrons. The van der Waals surface area contributed by atoms with Gasteiger partial charge in [0.1, 0.15) is 6.04 Å². The Kier molecular flexibility index (Phi) is 4.02. The number of nitrogens with zero attached hydrogens (tertiary/aromatic N) is 2. The molecule has 1 amide bonds. The Balaban J connectivity index is 2.22. The summed E-state index contributed by atoms with van der Waals surface area (Å²) in [4.78, 5) is 24.1. The molecular formula is C14H21N3O2. The van der Waals surface area contributed by atoms with Crippen LogP contribution in [0.1, 0.15) is 50.9 Å². The number of carbonyl (C=O) groups excluding carboxylic acids is 1. The SMILES string of the molecule is CCC(C)NC(=O)C(C)n1nc2c(cc1=O)CCC2. The molecule has 1 heterocycles. The first-order chi connectivity index (χ1) is 9.02. The van der Waals surface area contributed by atoms with Gasteiger partial charge < -0.3 is 5.32 Å². The summed E-state index contributed by atoms with van der Waals surface area (Å²) in [6.45, 7) is 5.67. The fourth-order valence-electron chi connectivity index (χ4n) is 2.27. The standard InChI is InChI=1S/C14H21N3O2/c1-4-9(2)15-14(19)10(3)17-13(18)8-11-6-5-7-12(11)16-17/h8-10H,4-7H2,1-3H3,(H,15,19). The number of hydrogen-bond acceptors (Lipinski definition) is 3. The number of fused-ring (bicyclic) bond motifs is 1. The largest absolute Gasteiger partial charge is 0.352 e. The van der Waals surface area contributed by atoms with E-state index in [9.17, 15) is 9.59 Å². The number of aryl methyl sites for hydroxylation is 2. The molecule has 0 saturated carbocycles. The van der Waals surface area contributed by atoms with Gasteiger partial charge in [0, 0.05) is 12.1 Å². The molecule has 0 radical (unpaired) electrons. The number of amides is 1. The van der Waals surface area contributed by atoms with Gasteiger partial charge in [-0.1, -0.05) is 6.92 Å². The van der Waals surface area contributed by atoms with Crippen LogP contribution in [-0.4, -0.2) is 21.7 Å². The van der Waals surface area contributed by atoms with Crippen LogP contribution >= 0.6 is 0 Å². The molecule has 0 saturated heterocycles. The number of nitrogens with one attached hydrogen (secondary N) is 1. The third kappa shape index (κ3) is 2.85.